The summed E-state index contributed by atoms with van der Waals surface area (Å²) in [5.74, 6) is 1.20. The standard InChI is InChI=1S/C22H30N4OS/c1-3-23-22(25(2)13-11-20-9-6-14-28-20)24-16-18-7-4-8-19(15-18)17-26-12-5-10-21(26)27/h4,6-9,14-15H,3,5,10-13,16-17H2,1-2H3,(H,23,24). The maximum atomic E-state index is 11.9. The number of nitrogens with zero attached hydrogens (tertiary/aromatic N) is 3. The lowest BCUT2D eigenvalue weighted by molar-refractivity contribution is -0.128. The molecule has 2 heterocycles. The number of benzene rings is 1. The van der Waals surface area contributed by atoms with Crippen molar-refractivity contribution in [1.82, 2.24) is 15.1 Å². The molecule has 0 spiro atoms. The van der Waals surface area contributed by atoms with E-state index in [0.717, 1.165) is 38.4 Å². The Kier molecular flexibility index (Phi) is 7.48. The van der Waals surface area contributed by atoms with Crippen LogP contribution in [0.1, 0.15) is 35.8 Å². The van der Waals surface area contributed by atoms with Gasteiger partial charge in [0.05, 0.1) is 6.54 Å². The maximum Gasteiger partial charge on any atom is 0.222 e. The third-order valence-corrected chi connectivity index (χ3v) is 5.85. The highest BCUT2D eigenvalue weighted by atomic mass is 32.1. The van der Waals surface area contributed by atoms with E-state index in [4.69, 9.17) is 4.99 Å². The van der Waals surface area contributed by atoms with Gasteiger partial charge >= 0.3 is 0 Å². The first-order valence-electron chi connectivity index (χ1n) is 10.0. The van der Waals surface area contributed by atoms with Crippen molar-refractivity contribution in [3.8, 4) is 0 Å². The first-order valence-corrected chi connectivity index (χ1v) is 10.9. The molecule has 150 valence electrons. The van der Waals surface area contributed by atoms with Crippen molar-refractivity contribution >= 4 is 23.2 Å². The average molecular weight is 399 g/mol. The molecule has 0 atom stereocenters. The summed E-state index contributed by atoms with van der Waals surface area (Å²) in [6.07, 6.45) is 2.69. The van der Waals surface area contributed by atoms with Gasteiger partial charge in [-0.1, -0.05) is 30.3 Å². The van der Waals surface area contributed by atoms with Gasteiger partial charge in [-0.15, -0.1) is 11.3 Å². The molecule has 1 aromatic heterocycles. The lowest BCUT2D eigenvalue weighted by Crippen LogP contribution is -2.39. The van der Waals surface area contributed by atoms with Crippen LogP contribution in [-0.2, 0) is 24.3 Å². The van der Waals surface area contributed by atoms with E-state index >= 15 is 0 Å². The average Bonchev–Trinajstić information content (AvgIpc) is 3.36. The molecule has 0 radical (unpaired) electrons. The molecule has 1 aliphatic heterocycles. The Hall–Kier alpha value is -2.34. The molecule has 0 bridgehead atoms. The lowest BCUT2D eigenvalue weighted by Gasteiger charge is -2.22. The van der Waals surface area contributed by atoms with E-state index in [-0.39, 0.29) is 5.91 Å². The maximum absolute atomic E-state index is 11.9. The van der Waals surface area contributed by atoms with Crippen LogP contribution in [0.25, 0.3) is 0 Å². The van der Waals surface area contributed by atoms with Crippen molar-refractivity contribution < 1.29 is 4.79 Å². The quantitative estimate of drug-likeness (QED) is 0.547. The molecule has 28 heavy (non-hydrogen) atoms. The van der Waals surface area contributed by atoms with Crippen molar-refractivity contribution in [3.63, 3.8) is 0 Å². The van der Waals surface area contributed by atoms with Gasteiger partial charge in [-0.05, 0) is 42.3 Å². The van der Waals surface area contributed by atoms with Gasteiger partial charge in [0.2, 0.25) is 5.91 Å². The molecule has 0 unspecified atom stereocenters. The fraction of sp³-hybridized carbons (Fsp3) is 0.455. The van der Waals surface area contributed by atoms with Crippen LogP contribution in [0.5, 0.6) is 0 Å². The molecule has 6 heteroatoms. The van der Waals surface area contributed by atoms with E-state index < -0.39 is 0 Å². The van der Waals surface area contributed by atoms with E-state index in [2.05, 4.69) is 66.0 Å². The number of rotatable bonds is 8. The van der Waals surface area contributed by atoms with E-state index in [1.165, 1.54) is 16.0 Å². The largest absolute Gasteiger partial charge is 0.357 e. The highest BCUT2D eigenvalue weighted by molar-refractivity contribution is 7.09. The first-order chi connectivity index (χ1) is 13.7. The number of thiophene rings is 1. The SMILES string of the molecule is CCNC(=NCc1cccc(CN2CCCC2=O)c1)N(C)CCc1cccs1. The minimum Gasteiger partial charge on any atom is -0.357 e. The molecule has 1 N–H and O–H groups in total. The van der Waals surface area contributed by atoms with Crippen molar-refractivity contribution in [2.45, 2.75) is 39.3 Å². The number of likely N-dealkylation sites (N-methyl/N-ethyl adjacent to an activating group) is 1. The summed E-state index contributed by atoms with van der Waals surface area (Å²) in [7, 11) is 2.09. The smallest absolute Gasteiger partial charge is 0.222 e. The molecule has 0 aliphatic carbocycles. The second-order valence-corrected chi connectivity index (χ2v) is 8.19. The second kappa shape index (κ2) is 10.3. The molecule has 1 aliphatic rings. The van der Waals surface area contributed by atoms with Gasteiger partial charge in [0.25, 0.3) is 0 Å². The fourth-order valence-electron chi connectivity index (χ4n) is 3.39. The first kappa shape index (κ1) is 20.4. The number of likely N-dealkylation sites (tertiary alicyclic amines) is 1. The highest BCUT2D eigenvalue weighted by Crippen LogP contribution is 2.16. The summed E-state index contributed by atoms with van der Waals surface area (Å²) in [6.45, 7) is 6.09. The van der Waals surface area contributed by atoms with Crippen LogP contribution in [0.3, 0.4) is 0 Å². The van der Waals surface area contributed by atoms with Crippen LogP contribution in [0.4, 0.5) is 0 Å². The van der Waals surface area contributed by atoms with E-state index in [9.17, 15) is 4.79 Å². The highest BCUT2D eigenvalue weighted by Gasteiger charge is 2.19. The molecule has 1 aromatic carbocycles. The molecule has 1 fully saturated rings. The Morgan fingerprint density at radius 1 is 1.29 bits per heavy atom. The summed E-state index contributed by atoms with van der Waals surface area (Å²) in [6, 6.07) is 12.7. The molecule has 2 aromatic rings. The third kappa shape index (κ3) is 5.83. The van der Waals surface area contributed by atoms with Crippen LogP contribution < -0.4 is 5.32 Å². The van der Waals surface area contributed by atoms with Crippen molar-refractivity contribution in [2.75, 3.05) is 26.7 Å². The summed E-state index contributed by atoms with van der Waals surface area (Å²) in [5, 5.41) is 5.51. The normalized spacial score (nSPS) is 14.6. The van der Waals surface area contributed by atoms with Gasteiger partial charge in [-0.2, -0.15) is 0 Å². The predicted molar refractivity (Wildman–Crippen MR) is 117 cm³/mol. The van der Waals surface area contributed by atoms with Gasteiger partial charge in [-0.25, -0.2) is 4.99 Å². The zero-order valence-electron chi connectivity index (χ0n) is 16.9. The van der Waals surface area contributed by atoms with E-state index in [0.29, 0.717) is 19.5 Å². The van der Waals surface area contributed by atoms with Gasteiger partial charge in [0.15, 0.2) is 5.96 Å². The molecule has 1 saturated heterocycles. The Morgan fingerprint density at radius 3 is 2.86 bits per heavy atom. The molecule has 1 amide bonds. The van der Waals surface area contributed by atoms with Gasteiger partial charge in [0, 0.05) is 44.5 Å². The minimum atomic E-state index is 0.269. The number of hydrogen-bond acceptors (Lipinski definition) is 3. The molecule has 0 saturated carbocycles. The number of carbonyl (C=O) groups excluding carboxylic acids is 1. The molecular weight excluding hydrogens is 368 g/mol. The van der Waals surface area contributed by atoms with Crippen LogP contribution in [0.2, 0.25) is 0 Å². The zero-order chi connectivity index (χ0) is 19.8. The summed E-state index contributed by atoms with van der Waals surface area (Å²) in [5.41, 5.74) is 2.35. The van der Waals surface area contributed by atoms with Crippen molar-refractivity contribution in [1.29, 1.82) is 0 Å². The Balaban J connectivity index is 1.60. The topological polar surface area (TPSA) is 47.9 Å². The van der Waals surface area contributed by atoms with Crippen LogP contribution in [-0.4, -0.2) is 48.3 Å². The number of amides is 1. The lowest BCUT2D eigenvalue weighted by atomic mass is 10.1. The molecule has 5 nitrogen and oxygen atoms in total. The van der Waals surface area contributed by atoms with Crippen LogP contribution in [0.15, 0.2) is 46.8 Å². The number of guanidine groups is 1. The van der Waals surface area contributed by atoms with Crippen LogP contribution >= 0.6 is 11.3 Å². The number of aliphatic imine (C=N–C) groups is 1. The Morgan fingerprint density at radius 2 is 2.14 bits per heavy atom. The number of nitrogens with one attached hydrogen (secondary N) is 1. The van der Waals surface area contributed by atoms with E-state index in [1.807, 2.05) is 4.90 Å². The Labute approximate surface area is 172 Å². The van der Waals surface area contributed by atoms with Crippen LogP contribution in [0, 0.1) is 0 Å². The summed E-state index contributed by atoms with van der Waals surface area (Å²) < 4.78 is 0. The Bertz CT molecular complexity index is 788. The van der Waals surface area contributed by atoms with Crippen molar-refractivity contribution in [3.05, 3.63) is 57.8 Å². The number of carbonyl (C=O) groups is 1. The third-order valence-electron chi connectivity index (χ3n) is 4.92. The van der Waals surface area contributed by atoms with Crippen molar-refractivity contribution in [2.24, 2.45) is 4.99 Å². The monoisotopic (exact) mass is 398 g/mol. The fourth-order valence-corrected chi connectivity index (χ4v) is 4.09. The zero-order valence-corrected chi connectivity index (χ0v) is 17.7. The van der Waals surface area contributed by atoms with Gasteiger partial charge in [0.1, 0.15) is 0 Å². The summed E-state index contributed by atoms with van der Waals surface area (Å²) in [4.78, 5) is 22.2. The van der Waals surface area contributed by atoms with Gasteiger partial charge < -0.3 is 15.1 Å². The second-order valence-electron chi connectivity index (χ2n) is 7.16. The molecule has 3 rings (SSSR count). The van der Waals surface area contributed by atoms with Gasteiger partial charge in [-0.3, -0.25) is 4.79 Å². The summed E-state index contributed by atoms with van der Waals surface area (Å²) >= 11 is 1.80. The predicted octanol–water partition coefficient (Wildman–Crippen LogP) is 3.51. The van der Waals surface area contributed by atoms with E-state index in [1.54, 1.807) is 11.3 Å². The number of hydrogen-bond donors (Lipinski definition) is 1. The minimum absolute atomic E-state index is 0.269. The molecular formula is C22H30N4OS.